The number of benzene rings is 2. The van der Waals surface area contributed by atoms with Crippen LogP contribution in [-0.2, 0) is 11.3 Å². The Balaban J connectivity index is 1.61. The van der Waals surface area contributed by atoms with Crippen molar-refractivity contribution in [2.45, 2.75) is 26.8 Å². The second-order valence-electron chi connectivity index (χ2n) is 8.59. The fraction of sp³-hybridized carbons (Fsp3) is 0.231. The van der Waals surface area contributed by atoms with Gasteiger partial charge >= 0.3 is 12.0 Å². The molecule has 1 aromatic heterocycles. The van der Waals surface area contributed by atoms with Gasteiger partial charge in [0.1, 0.15) is 0 Å². The van der Waals surface area contributed by atoms with E-state index in [0.29, 0.717) is 17.8 Å². The number of aliphatic carboxylic acids is 1. The molecule has 2 amide bonds. The first kappa shape index (κ1) is 23.7. The van der Waals surface area contributed by atoms with Crippen molar-refractivity contribution in [2.24, 2.45) is 5.41 Å². The number of urea groups is 1. The Kier molecular flexibility index (Phi) is 7.23. The molecule has 0 aliphatic heterocycles. The van der Waals surface area contributed by atoms with Crippen LogP contribution in [-0.4, -0.2) is 39.8 Å². The molecular weight excluding hydrogens is 418 g/mol. The van der Waals surface area contributed by atoms with Crippen LogP contribution in [0.3, 0.4) is 0 Å². The van der Waals surface area contributed by atoms with Crippen molar-refractivity contribution in [3.63, 3.8) is 0 Å². The molecule has 7 nitrogen and oxygen atoms in total. The number of carboxylic acid groups (broad SMARTS) is 1. The van der Waals surface area contributed by atoms with Crippen molar-refractivity contribution < 1.29 is 19.5 Å². The summed E-state index contributed by atoms with van der Waals surface area (Å²) in [6, 6.07) is 18.0. The summed E-state index contributed by atoms with van der Waals surface area (Å²) in [5.74, 6) is -1.20. The predicted octanol–water partition coefficient (Wildman–Crippen LogP) is 5.10. The molecular formula is C26H27N3O4. The van der Waals surface area contributed by atoms with Gasteiger partial charge in [0.2, 0.25) is 0 Å². The van der Waals surface area contributed by atoms with Crippen LogP contribution in [0.1, 0.15) is 36.2 Å². The van der Waals surface area contributed by atoms with Crippen molar-refractivity contribution >= 4 is 23.5 Å². The van der Waals surface area contributed by atoms with Gasteiger partial charge in [-0.3, -0.25) is 14.6 Å². The number of pyridine rings is 1. The van der Waals surface area contributed by atoms with Gasteiger partial charge in [0, 0.05) is 43.7 Å². The number of aromatic nitrogens is 1. The van der Waals surface area contributed by atoms with E-state index >= 15 is 0 Å². The normalized spacial score (nSPS) is 11.0. The van der Waals surface area contributed by atoms with E-state index in [0.717, 1.165) is 16.7 Å². The molecule has 3 aromatic rings. The number of hydrogen-bond donors (Lipinski definition) is 2. The molecule has 2 aromatic carbocycles. The number of nitrogens with zero attached hydrogens (tertiary/aromatic N) is 2. The molecule has 0 saturated carbocycles. The highest BCUT2D eigenvalue weighted by Crippen LogP contribution is 2.26. The van der Waals surface area contributed by atoms with Gasteiger partial charge in [0.25, 0.3) is 0 Å². The maximum atomic E-state index is 12.4. The van der Waals surface area contributed by atoms with Crippen LogP contribution in [0, 0.1) is 5.41 Å². The van der Waals surface area contributed by atoms with E-state index in [1.165, 1.54) is 0 Å². The largest absolute Gasteiger partial charge is 0.481 e. The number of carbonyl (C=O) groups is 3. The molecule has 1 heterocycles. The zero-order valence-electron chi connectivity index (χ0n) is 18.9. The molecule has 0 saturated heterocycles. The van der Waals surface area contributed by atoms with Crippen LogP contribution in [0.4, 0.5) is 10.5 Å². The molecule has 0 aliphatic rings. The molecule has 0 unspecified atom stereocenters. The second kappa shape index (κ2) is 10.1. The monoisotopic (exact) mass is 445 g/mol. The molecule has 0 bridgehead atoms. The number of amides is 2. The number of hydrogen-bond acceptors (Lipinski definition) is 4. The van der Waals surface area contributed by atoms with E-state index in [2.05, 4.69) is 10.3 Å². The van der Waals surface area contributed by atoms with Crippen molar-refractivity contribution in [1.82, 2.24) is 9.88 Å². The van der Waals surface area contributed by atoms with Crippen LogP contribution in [0.15, 0.2) is 73.1 Å². The van der Waals surface area contributed by atoms with Gasteiger partial charge < -0.3 is 15.3 Å². The van der Waals surface area contributed by atoms with E-state index in [1.807, 2.05) is 48.5 Å². The van der Waals surface area contributed by atoms with Crippen LogP contribution >= 0.6 is 0 Å². The molecule has 0 aliphatic carbocycles. The molecule has 33 heavy (non-hydrogen) atoms. The Hall–Kier alpha value is -4.00. The number of Topliss-reactive ketones (excluding diaryl/α,β-unsaturated/α-hetero) is 1. The Labute approximate surface area is 193 Å². The fourth-order valence-electron chi connectivity index (χ4n) is 3.23. The molecule has 0 spiro atoms. The van der Waals surface area contributed by atoms with Gasteiger partial charge in [-0.05, 0) is 54.8 Å². The molecule has 3 rings (SSSR count). The SMILES string of the molecule is CN(Cc1ccncc1)C(=O)Nc1ccc(-c2ccc(C(=O)CC(C)(C)C(=O)O)cc2)cc1. The summed E-state index contributed by atoms with van der Waals surface area (Å²) in [4.78, 5) is 41.7. The van der Waals surface area contributed by atoms with Crippen LogP contribution in [0.2, 0.25) is 0 Å². The lowest BCUT2D eigenvalue weighted by Gasteiger charge is -2.18. The molecule has 0 atom stereocenters. The van der Waals surface area contributed by atoms with Crippen molar-refractivity contribution in [2.75, 3.05) is 12.4 Å². The Morgan fingerprint density at radius 3 is 2.00 bits per heavy atom. The molecule has 7 heteroatoms. The van der Waals surface area contributed by atoms with Gasteiger partial charge in [-0.1, -0.05) is 36.4 Å². The lowest BCUT2D eigenvalue weighted by atomic mass is 9.85. The zero-order valence-corrected chi connectivity index (χ0v) is 18.9. The Bertz CT molecular complexity index is 1120. The number of carbonyl (C=O) groups excluding carboxylic acids is 2. The first-order valence-corrected chi connectivity index (χ1v) is 10.5. The summed E-state index contributed by atoms with van der Waals surface area (Å²) in [5, 5.41) is 12.1. The molecule has 0 radical (unpaired) electrons. The average Bonchev–Trinajstić information content (AvgIpc) is 2.80. The summed E-state index contributed by atoms with van der Waals surface area (Å²) in [6.45, 7) is 3.55. The van der Waals surface area contributed by atoms with Crippen molar-refractivity contribution in [3.8, 4) is 11.1 Å². The van der Waals surface area contributed by atoms with E-state index in [9.17, 15) is 19.5 Å². The minimum atomic E-state index is -1.11. The highest BCUT2D eigenvalue weighted by Gasteiger charge is 2.30. The molecule has 2 N–H and O–H groups in total. The summed E-state index contributed by atoms with van der Waals surface area (Å²) < 4.78 is 0. The summed E-state index contributed by atoms with van der Waals surface area (Å²) in [5.41, 5.74) is 2.89. The number of carboxylic acids is 1. The highest BCUT2D eigenvalue weighted by molar-refractivity contribution is 5.99. The standard InChI is InChI=1S/C26H27N3O4/c1-26(2,24(31)32)16-23(30)21-6-4-19(5-7-21)20-8-10-22(11-9-20)28-25(33)29(3)17-18-12-14-27-15-13-18/h4-15H,16-17H2,1-3H3,(H,28,33)(H,31,32). The van der Waals surface area contributed by atoms with Gasteiger partial charge in [-0.15, -0.1) is 0 Å². The van der Waals surface area contributed by atoms with Gasteiger partial charge in [0.05, 0.1) is 5.41 Å². The van der Waals surface area contributed by atoms with Crippen LogP contribution in [0.5, 0.6) is 0 Å². The predicted molar refractivity (Wildman–Crippen MR) is 127 cm³/mol. The third-order valence-corrected chi connectivity index (χ3v) is 5.37. The Morgan fingerprint density at radius 1 is 0.909 bits per heavy atom. The van der Waals surface area contributed by atoms with E-state index in [-0.39, 0.29) is 18.2 Å². The molecule has 170 valence electrons. The molecule has 0 fully saturated rings. The smallest absolute Gasteiger partial charge is 0.321 e. The number of anilines is 1. The number of nitrogens with one attached hydrogen (secondary N) is 1. The zero-order chi connectivity index (χ0) is 24.0. The van der Waals surface area contributed by atoms with E-state index < -0.39 is 11.4 Å². The van der Waals surface area contributed by atoms with Crippen LogP contribution < -0.4 is 5.32 Å². The maximum Gasteiger partial charge on any atom is 0.321 e. The third kappa shape index (κ3) is 6.26. The Morgan fingerprint density at radius 2 is 1.45 bits per heavy atom. The van der Waals surface area contributed by atoms with Gasteiger partial charge in [-0.25, -0.2) is 4.79 Å². The maximum absolute atomic E-state index is 12.4. The number of rotatable bonds is 8. The lowest BCUT2D eigenvalue weighted by Crippen LogP contribution is -2.30. The summed E-state index contributed by atoms with van der Waals surface area (Å²) in [7, 11) is 1.73. The first-order chi connectivity index (χ1) is 15.7. The van der Waals surface area contributed by atoms with E-state index in [4.69, 9.17) is 0 Å². The van der Waals surface area contributed by atoms with Gasteiger partial charge in [-0.2, -0.15) is 0 Å². The first-order valence-electron chi connectivity index (χ1n) is 10.5. The minimum absolute atomic E-state index is 0.0638. The second-order valence-corrected chi connectivity index (χ2v) is 8.59. The summed E-state index contributed by atoms with van der Waals surface area (Å²) >= 11 is 0. The highest BCUT2D eigenvalue weighted by atomic mass is 16.4. The summed E-state index contributed by atoms with van der Waals surface area (Å²) in [6.07, 6.45) is 3.32. The fourth-order valence-corrected chi connectivity index (χ4v) is 3.23. The number of ketones is 1. The average molecular weight is 446 g/mol. The van der Waals surface area contributed by atoms with Crippen LogP contribution in [0.25, 0.3) is 11.1 Å². The van der Waals surface area contributed by atoms with E-state index in [1.54, 1.807) is 50.3 Å². The van der Waals surface area contributed by atoms with Gasteiger partial charge in [0.15, 0.2) is 5.78 Å². The quantitative estimate of drug-likeness (QED) is 0.470. The van der Waals surface area contributed by atoms with Crippen molar-refractivity contribution in [3.05, 3.63) is 84.2 Å². The lowest BCUT2D eigenvalue weighted by molar-refractivity contribution is -0.146. The topological polar surface area (TPSA) is 99.6 Å². The minimum Gasteiger partial charge on any atom is -0.481 e. The third-order valence-electron chi connectivity index (χ3n) is 5.37. The van der Waals surface area contributed by atoms with Crippen molar-refractivity contribution in [1.29, 1.82) is 0 Å².